The molecule has 0 spiro atoms. The Morgan fingerprint density at radius 3 is 2.53 bits per heavy atom. The second-order valence-corrected chi connectivity index (χ2v) is 3.89. The highest BCUT2D eigenvalue weighted by Gasteiger charge is 2.07. The molecule has 1 aromatic rings. The zero-order chi connectivity index (χ0) is 11.4. The lowest BCUT2D eigenvalue weighted by molar-refractivity contribution is 0.731. The van der Waals surface area contributed by atoms with E-state index in [0.717, 1.165) is 18.7 Å². The van der Waals surface area contributed by atoms with Crippen LogP contribution in [0.3, 0.4) is 0 Å². The van der Waals surface area contributed by atoms with Crippen molar-refractivity contribution in [3.63, 3.8) is 0 Å². The Labute approximate surface area is 92.2 Å². The van der Waals surface area contributed by atoms with Gasteiger partial charge in [0.2, 0.25) is 0 Å². The Hall–Kier alpha value is -1.09. The van der Waals surface area contributed by atoms with E-state index in [9.17, 15) is 0 Å². The summed E-state index contributed by atoms with van der Waals surface area (Å²) in [5, 5.41) is 7.60. The van der Waals surface area contributed by atoms with Crippen LogP contribution in [0.5, 0.6) is 0 Å². The molecule has 3 heteroatoms. The zero-order valence-corrected chi connectivity index (χ0v) is 10.4. The molecule has 1 rings (SSSR count). The van der Waals surface area contributed by atoms with Gasteiger partial charge < -0.3 is 5.32 Å². The SMILES string of the molecule is CCC(=Cc1c(C)nn(C)c1C)CNC. The number of hydrogen-bond acceptors (Lipinski definition) is 2. The van der Waals surface area contributed by atoms with Gasteiger partial charge in [0.05, 0.1) is 5.69 Å². The topological polar surface area (TPSA) is 29.9 Å². The van der Waals surface area contributed by atoms with Crippen LogP contribution in [0.2, 0.25) is 0 Å². The van der Waals surface area contributed by atoms with Crippen LogP contribution in [-0.2, 0) is 7.05 Å². The standard InChI is InChI=1S/C12H21N3/c1-6-11(8-13-4)7-12-9(2)14-15(5)10(12)3/h7,13H,6,8H2,1-5H3. The first kappa shape index (κ1) is 12.0. The monoisotopic (exact) mass is 207 g/mol. The molecule has 0 saturated heterocycles. The number of aromatic nitrogens is 2. The molecule has 0 aliphatic heterocycles. The highest BCUT2D eigenvalue weighted by Crippen LogP contribution is 2.16. The maximum Gasteiger partial charge on any atom is 0.0668 e. The summed E-state index contributed by atoms with van der Waals surface area (Å²) in [6.45, 7) is 7.30. The van der Waals surface area contributed by atoms with E-state index in [-0.39, 0.29) is 0 Å². The van der Waals surface area contributed by atoms with E-state index in [1.165, 1.54) is 16.8 Å². The molecule has 0 bridgehead atoms. The summed E-state index contributed by atoms with van der Waals surface area (Å²) in [7, 11) is 3.97. The highest BCUT2D eigenvalue weighted by atomic mass is 15.3. The Bertz CT molecular complexity index is 361. The molecule has 0 aliphatic rings. The number of rotatable bonds is 4. The molecule has 3 nitrogen and oxygen atoms in total. The van der Waals surface area contributed by atoms with Gasteiger partial charge in [-0.1, -0.05) is 18.6 Å². The first-order chi connectivity index (χ1) is 7.10. The summed E-state index contributed by atoms with van der Waals surface area (Å²) in [5.41, 5.74) is 5.02. The normalized spacial score (nSPS) is 12.2. The molecule has 84 valence electrons. The Kier molecular flexibility index (Phi) is 4.09. The fourth-order valence-corrected chi connectivity index (χ4v) is 1.71. The molecule has 0 fully saturated rings. The van der Waals surface area contributed by atoms with Crippen LogP contribution in [0, 0.1) is 13.8 Å². The second kappa shape index (κ2) is 5.12. The van der Waals surface area contributed by atoms with E-state index >= 15 is 0 Å². The average Bonchev–Trinajstić information content (AvgIpc) is 2.44. The molecule has 0 amide bonds. The smallest absolute Gasteiger partial charge is 0.0668 e. The lowest BCUT2D eigenvalue weighted by Gasteiger charge is -2.03. The minimum atomic E-state index is 0.949. The maximum atomic E-state index is 4.41. The van der Waals surface area contributed by atoms with Gasteiger partial charge in [-0.15, -0.1) is 0 Å². The number of hydrogen-bond donors (Lipinski definition) is 1. The minimum Gasteiger partial charge on any atom is -0.316 e. The number of nitrogens with one attached hydrogen (secondary N) is 1. The van der Waals surface area contributed by atoms with Gasteiger partial charge in [0.15, 0.2) is 0 Å². The first-order valence-corrected chi connectivity index (χ1v) is 5.44. The van der Waals surface area contributed by atoms with E-state index in [1.54, 1.807) is 0 Å². The van der Waals surface area contributed by atoms with Crippen molar-refractivity contribution in [3.05, 3.63) is 22.5 Å². The molecular formula is C12H21N3. The Balaban J connectivity index is 3.04. The summed E-state index contributed by atoms with van der Waals surface area (Å²) in [5.74, 6) is 0. The van der Waals surface area contributed by atoms with Crippen LogP contribution in [0.1, 0.15) is 30.3 Å². The van der Waals surface area contributed by atoms with Gasteiger partial charge in [-0.3, -0.25) is 4.68 Å². The molecule has 0 atom stereocenters. The van der Waals surface area contributed by atoms with Crippen molar-refractivity contribution in [1.29, 1.82) is 0 Å². The van der Waals surface area contributed by atoms with Gasteiger partial charge in [-0.05, 0) is 27.3 Å². The summed E-state index contributed by atoms with van der Waals surface area (Å²) < 4.78 is 1.94. The molecule has 1 N–H and O–H groups in total. The van der Waals surface area contributed by atoms with E-state index in [4.69, 9.17) is 0 Å². The lowest BCUT2D eigenvalue weighted by Crippen LogP contribution is -2.09. The van der Waals surface area contributed by atoms with Crippen molar-refractivity contribution in [2.24, 2.45) is 7.05 Å². The van der Waals surface area contributed by atoms with Crippen molar-refractivity contribution < 1.29 is 0 Å². The Morgan fingerprint density at radius 1 is 1.47 bits per heavy atom. The fourth-order valence-electron chi connectivity index (χ4n) is 1.71. The second-order valence-electron chi connectivity index (χ2n) is 3.89. The van der Waals surface area contributed by atoms with Crippen molar-refractivity contribution in [3.8, 4) is 0 Å². The third-order valence-corrected chi connectivity index (χ3v) is 2.77. The molecule has 1 aromatic heterocycles. The summed E-state index contributed by atoms with van der Waals surface area (Å²) in [4.78, 5) is 0. The van der Waals surface area contributed by atoms with Crippen molar-refractivity contribution >= 4 is 6.08 Å². The molecule has 0 aromatic carbocycles. The van der Waals surface area contributed by atoms with Crippen LogP contribution in [0.15, 0.2) is 5.57 Å². The average molecular weight is 207 g/mol. The van der Waals surface area contributed by atoms with Crippen molar-refractivity contribution in [2.75, 3.05) is 13.6 Å². The van der Waals surface area contributed by atoms with Gasteiger partial charge >= 0.3 is 0 Å². The van der Waals surface area contributed by atoms with Crippen LogP contribution in [-0.4, -0.2) is 23.4 Å². The molecule has 0 radical (unpaired) electrons. The van der Waals surface area contributed by atoms with Gasteiger partial charge in [0.1, 0.15) is 0 Å². The van der Waals surface area contributed by atoms with Crippen LogP contribution in [0.4, 0.5) is 0 Å². The highest BCUT2D eigenvalue weighted by molar-refractivity contribution is 5.57. The van der Waals surface area contributed by atoms with E-state index in [2.05, 4.69) is 37.3 Å². The minimum absolute atomic E-state index is 0.949. The number of nitrogens with zero attached hydrogens (tertiary/aromatic N) is 2. The van der Waals surface area contributed by atoms with Gasteiger partial charge in [0, 0.05) is 24.8 Å². The Morgan fingerprint density at radius 2 is 2.13 bits per heavy atom. The zero-order valence-electron chi connectivity index (χ0n) is 10.4. The summed E-state index contributed by atoms with van der Waals surface area (Å²) in [6.07, 6.45) is 3.34. The molecule has 0 aliphatic carbocycles. The number of likely N-dealkylation sites (N-methyl/N-ethyl adjacent to an activating group) is 1. The third kappa shape index (κ3) is 2.69. The fraction of sp³-hybridized carbons (Fsp3) is 0.583. The van der Waals surface area contributed by atoms with E-state index < -0.39 is 0 Å². The van der Waals surface area contributed by atoms with Crippen LogP contribution in [0.25, 0.3) is 6.08 Å². The van der Waals surface area contributed by atoms with Crippen LogP contribution >= 0.6 is 0 Å². The molecule has 0 saturated carbocycles. The summed E-state index contributed by atoms with van der Waals surface area (Å²) >= 11 is 0. The maximum absolute atomic E-state index is 4.41. The largest absolute Gasteiger partial charge is 0.316 e. The van der Waals surface area contributed by atoms with Gasteiger partial charge in [-0.25, -0.2) is 0 Å². The number of aryl methyl sites for hydroxylation is 2. The molecule has 15 heavy (non-hydrogen) atoms. The first-order valence-electron chi connectivity index (χ1n) is 5.44. The predicted molar refractivity (Wildman–Crippen MR) is 64.9 cm³/mol. The van der Waals surface area contributed by atoms with Gasteiger partial charge in [-0.2, -0.15) is 5.10 Å². The third-order valence-electron chi connectivity index (χ3n) is 2.77. The predicted octanol–water partition coefficient (Wildman–Crippen LogP) is 2.05. The molecular weight excluding hydrogens is 186 g/mol. The van der Waals surface area contributed by atoms with Crippen LogP contribution < -0.4 is 5.32 Å². The van der Waals surface area contributed by atoms with Gasteiger partial charge in [0.25, 0.3) is 0 Å². The van der Waals surface area contributed by atoms with Crippen molar-refractivity contribution in [1.82, 2.24) is 15.1 Å². The van der Waals surface area contributed by atoms with E-state index in [1.807, 2.05) is 18.8 Å². The van der Waals surface area contributed by atoms with Crippen molar-refractivity contribution in [2.45, 2.75) is 27.2 Å². The molecule has 0 unspecified atom stereocenters. The quantitative estimate of drug-likeness (QED) is 0.819. The lowest BCUT2D eigenvalue weighted by atomic mass is 10.1. The summed E-state index contributed by atoms with van der Waals surface area (Å²) in [6, 6.07) is 0. The van der Waals surface area contributed by atoms with E-state index in [0.29, 0.717) is 0 Å². The molecule has 1 heterocycles.